The second kappa shape index (κ2) is 1.42. The largest absolute Gasteiger partial charge is 0.427 e. The fourth-order valence-electron chi connectivity index (χ4n) is 0.612. The van der Waals surface area contributed by atoms with Crippen LogP contribution >= 0.6 is 0 Å². The highest BCUT2D eigenvalue weighted by molar-refractivity contribution is 5.49. The lowest BCUT2D eigenvalue weighted by Gasteiger charge is -1.84. The van der Waals surface area contributed by atoms with E-state index in [2.05, 4.69) is 9.72 Å². The monoisotopic (exact) mass is 147 g/mol. The first-order valence-corrected chi connectivity index (χ1v) is 2.42. The average molecular weight is 147 g/mol. The first-order chi connectivity index (χ1) is 4.70. The van der Waals surface area contributed by atoms with Gasteiger partial charge in [0.15, 0.2) is 0 Å². The second-order valence-corrected chi connectivity index (χ2v) is 1.77. The molecule has 2 rings (SSSR count). The highest BCUT2D eigenvalue weighted by Crippen LogP contribution is 2.45. The van der Waals surface area contributed by atoms with Crippen LogP contribution in [0.15, 0.2) is 0 Å². The van der Waals surface area contributed by atoms with Crippen LogP contribution in [0.2, 0.25) is 0 Å². The maximum absolute atomic E-state index is 12.3. The molecule has 0 saturated carbocycles. The van der Waals surface area contributed by atoms with Crippen molar-refractivity contribution in [1.29, 1.82) is 0 Å². The lowest BCUT2D eigenvalue weighted by molar-refractivity contribution is 0.431. The zero-order chi connectivity index (χ0) is 7.30. The van der Waals surface area contributed by atoms with Gasteiger partial charge in [0.2, 0.25) is 17.4 Å². The lowest BCUT2D eigenvalue weighted by Crippen LogP contribution is -1.87. The van der Waals surface area contributed by atoms with Crippen molar-refractivity contribution in [2.45, 2.75) is 0 Å². The third kappa shape index (κ3) is 0.516. The summed E-state index contributed by atoms with van der Waals surface area (Å²) in [7, 11) is 0. The molecule has 0 bridgehead atoms. The number of nitrogens with zero attached hydrogens (tertiary/aromatic N) is 1. The number of ether oxygens (including phenoxy) is 1. The van der Waals surface area contributed by atoms with E-state index in [1.807, 2.05) is 0 Å². The van der Waals surface area contributed by atoms with Crippen LogP contribution in [0.4, 0.5) is 13.2 Å². The Balaban J connectivity index is 2.73. The summed E-state index contributed by atoms with van der Waals surface area (Å²) in [6.07, 6.45) is 0. The summed E-state index contributed by atoms with van der Waals surface area (Å²) >= 11 is 0. The third-order valence-corrected chi connectivity index (χ3v) is 1.12. The van der Waals surface area contributed by atoms with Gasteiger partial charge in [-0.2, -0.15) is 18.2 Å². The Morgan fingerprint density at radius 2 is 1.80 bits per heavy atom. The van der Waals surface area contributed by atoms with Crippen molar-refractivity contribution < 1.29 is 17.9 Å². The molecule has 1 aromatic rings. The molecule has 52 valence electrons. The van der Waals surface area contributed by atoms with Gasteiger partial charge < -0.3 is 4.74 Å². The minimum absolute atomic E-state index is 0.170. The highest BCUT2D eigenvalue weighted by Gasteiger charge is 2.33. The molecular formula is C5F3NO. The van der Waals surface area contributed by atoms with Crippen LogP contribution in [-0.2, 0) is 0 Å². The summed E-state index contributed by atoms with van der Waals surface area (Å²) in [5.41, 5.74) is 0. The molecule has 0 unspecified atom stereocenters. The maximum Gasteiger partial charge on any atom is 0.269 e. The Morgan fingerprint density at radius 3 is 2.50 bits per heavy atom. The van der Waals surface area contributed by atoms with Crippen LogP contribution in [0.5, 0.6) is 11.6 Å². The van der Waals surface area contributed by atoms with Gasteiger partial charge in [-0.05, 0) is 0 Å². The molecule has 0 fully saturated rings. The summed E-state index contributed by atoms with van der Waals surface area (Å²) in [5.74, 6) is -4.82. The SMILES string of the molecule is Fc1nc2c(c(F)c1F)O2. The van der Waals surface area contributed by atoms with Gasteiger partial charge in [-0.3, -0.25) is 0 Å². The van der Waals surface area contributed by atoms with E-state index in [9.17, 15) is 13.2 Å². The average Bonchev–Trinajstić information content (AvgIpc) is 2.62. The number of hydrogen-bond acceptors (Lipinski definition) is 2. The van der Waals surface area contributed by atoms with Crippen molar-refractivity contribution in [1.82, 2.24) is 4.98 Å². The van der Waals surface area contributed by atoms with E-state index in [-0.39, 0.29) is 11.6 Å². The molecule has 0 atom stereocenters. The van der Waals surface area contributed by atoms with Crippen LogP contribution in [-0.4, -0.2) is 4.98 Å². The normalized spacial score (nSPS) is 12.3. The summed E-state index contributed by atoms with van der Waals surface area (Å²) in [6.45, 7) is 0. The van der Waals surface area contributed by atoms with Crippen molar-refractivity contribution >= 4 is 0 Å². The van der Waals surface area contributed by atoms with E-state index in [0.29, 0.717) is 0 Å². The molecule has 0 saturated heterocycles. The molecule has 2 nitrogen and oxygen atoms in total. The van der Waals surface area contributed by atoms with Gasteiger partial charge in [0.05, 0.1) is 0 Å². The van der Waals surface area contributed by atoms with Gasteiger partial charge in [-0.15, -0.1) is 0 Å². The number of halogens is 3. The Bertz CT molecular complexity index is 309. The molecule has 1 aliphatic rings. The minimum atomic E-state index is -1.59. The topological polar surface area (TPSA) is 25.4 Å². The van der Waals surface area contributed by atoms with E-state index in [4.69, 9.17) is 0 Å². The summed E-state index contributed by atoms with van der Waals surface area (Å²) in [5, 5.41) is 0. The van der Waals surface area contributed by atoms with Gasteiger partial charge in [-0.1, -0.05) is 0 Å². The molecular weight excluding hydrogens is 147 g/mol. The quantitative estimate of drug-likeness (QED) is 0.417. The fourth-order valence-corrected chi connectivity index (χ4v) is 0.612. The summed E-state index contributed by atoms with van der Waals surface area (Å²) in [6, 6.07) is 0. The number of aromatic nitrogens is 1. The van der Waals surface area contributed by atoms with Crippen molar-refractivity contribution in [3.05, 3.63) is 17.6 Å². The standard InChI is InChI=1S/C5F3NO/c6-1-2(7)4(8)9-5-3(1)10-5. The molecule has 1 aromatic heterocycles. The molecule has 0 radical (unpaired) electrons. The molecule has 0 aromatic carbocycles. The van der Waals surface area contributed by atoms with E-state index >= 15 is 0 Å². The van der Waals surface area contributed by atoms with Crippen molar-refractivity contribution in [3.8, 4) is 11.6 Å². The molecule has 0 spiro atoms. The van der Waals surface area contributed by atoms with Crippen molar-refractivity contribution in [2.75, 3.05) is 0 Å². The summed E-state index contributed by atoms with van der Waals surface area (Å²) < 4.78 is 40.7. The molecule has 0 aliphatic carbocycles. The van der Waals surface area contributed by atoms with Gasteiger partial charge in [0.25, 0.3) is 11.8 Å². The Hall–Kier alpha value is -1.26. The molecule has 0 amide bonds. The zero-order valence-corrected chi connectivity index (χ0v) is 4.49. The van der Waals surface area contributed by atoms with E-state index in [1.54, 1.807) is 0 Å². The number of rotatable bonds is 0. The van der Waals surface area contributed by atoms with Crippen molar-refractivity contribution in [3.63, 3.8) is 0 Å². The van der Waals surface area contributed by atoms with Crippen molar-refractivity contribution in [2.24, 2.45) is 0 Å². The van der Waals surface area contributed by atoms with Gasteiger partial charge in [-0.25, -0.2) is 0 Å². The molecule has 1 aliphatic heterocycles. The molecule has 2 heterocycles. The third-order valence-electron chi connectivity index (χ3n) is 1.12. The smallest absolute Gasteiger partial charge is 0.269 e. The Labute approximate surface area is 53.3 Å². The van der Waals surface area contributed by atoms with Crippen LogP contribution in [0.3, 0.4) is 0 Å². The number of hydrogen-bond donors (Lipinski definition) is 0. The highest BCUT2D eigenvalue weighted by atomic mass is 19.2. The predicted octanol–water partition coefficient (Wildman–Crippen LogP) is 1.60. The summed E-state index contributed by atoms with van der Waals surface area (Å²) in [4.78, 5) is 2.92. The Morgan fingerprint density at radius 1 is 1.10 bits per heavy atom. The van der Waals surface area contributed by atoms with E-state index < -0.39 is 17.6 Å². The van der Waals surface area contributed by atoms with Gasteiger partial charge >= 0.3 is 0 Å². The lowest BCUT2D eigenvalue weighted by atomic mass is 10.4. The first-order valence-electron chi connectivity index (χ1n) is 2.42. The second-order valence-electron chi connectivity index (χ2n) is 1.77. The predicted molar refractivity (Wildman–Crippen MR) is 24.2 cm³/mol. The number of pyridine rings is 1. The Kier molecular flexibility index (Phi) is 0.783. The van der Waals surface area contributed by atoms with Gasteiger partial charge in [0, 0.05) is 0 Å². The molecule has 10 heavy (non-hydrogen) atoms. The number of fused-ring (bicyclic) bond motifs is 1. The molecule has 5 heteroatoms. The van der Waals surface area contributed by atoms with Gasteiger partial charge in [0.1, 0.15) is 0 Å². The van der Waals surface area contributed by atoms with E-state index in [0.717, 1.165) is 0 Å². The van der Waals surface area contributed by atoms with Crippen LogP contribution < -0.4 is 4.74 Å². The first kappa shape index (κ1) is 5.52. The van der Waals surface area contributed by atoms with Crippen LogP contribution in [0, 0.1) is 17.6 Å². The van der Waals surface area contributed by atoms with Crippen LogP contribution in [0.1, 0.15) is 0 Å². The van der Waals surface area contributed by atoms with E-state index in [1.165, 1.54) is 0 Å². The molecule has 0 N–H and O–H groups in total. The van der Waals surface area contributed by atoms with Crippen LogP contribution in [0.25, 0.3) is 0 Å². The zero-order valence-electron chi connectivity index (χ0n) is 4.49. The maximum atomic E-state index is 12.3. The fraction of sp³-hybridized carbons (Fsp3) is 0. The minimum Gasteiger partial charge on any atom is -0.427 e.